The molecule has 0 amide bonds. The Morgan fingerprint density at radius 3 is 2.43 bits per heavy atom. The summed E-state index contributed by atoms with van der Waals surface area (Å²) < 4.78 is 11.2. The SMILES string of the molecule is CCC(=O)Oc1cccc(C)c1COc1ccc(C)cc1. The van der Waals surface area contributed by atoms with E-state index in [0.29, 0.717) is 18.8 Å². The van der Waals surface area contributed by atoms with Crippen LogP contribution in [0.15, 0.2) is 42.5 Å². The predicted octanol–water partition coefficient (Wildman–Crippen LogP) is 4.20. The highest BCUT2D eigenvalue weighted by molar-refractivity contribution is 5.72. The van der Waals surface area contributed by atoms with Crippen molar-refractivity contribution >= 4 is 5.97 Å². The van der Waals surface area contributed by atoms with Gasteiger partial charge in [0.2, 0.25) is 0 Å². The van der Waals surface area contributed by atoms with E-state index in [4.69, 9.17) is 9.47 Å². The first-order chi connectivity index (χ1) is 10.1. The highest BCUT2D eigenvalue weighted by Crippen LogP contribution is 2.24. The molecule has 0 saturated heterocycles. The average Bonchev–Trinajstić information content (AvgIpc) is 2.48. The van der Waals surface area contributed by atoms with Crippen LogP contribution in [-0.2, 0) is 11.4 Å². The summed E-state index contributed by atoms with van der Waals surface area (Å²) in [6, 6.07) is 13.5. The van der Waals surface area contributed by atoms with Crippen LogP contribution in [-0.4, -0.2) is 5.97 Å². The molecule has 110 valence electrons. The summed E-state index contributed by atoms with van der Waals surface area (Å²) in [5.41, 5.74) is 3.14. The Morgan fingerprint density at radius 1 is 1.05 bits per heavy atom. The molecule has 0 heterocycles. The summed E-state index contributed by atoms with van der Waals surface area (Å²) in [4.78, 5) is 11.5. The largest absolute Gasteiger partial charge is 0.489 e. The van der Waals surface area contributed by atoms with Crippen LogP contribution in [0.3, 0.4) is 0 Å². The molecule has 0 aliphatic rings. The Balaban J connectivity index is 2.14. The Bertz CT molecular complexity index is 615. The fraction of sp³-hybridized carbons (Fsp3) is 0.278. The van der Waals surface area contributed by atoms with E-state index < -0.39 is 0 Å². The minimum atomic E-state index is -0.239. The Hall–Kier alpha value is -2.29. The molecule has 0 aromatic heterocycles. The van der Waals surface area contributed by atoms with E-state index >= 15 is 0 Å². The minimum Gasteiger partial charge on any atom is -0.489 e. The van der Waals surface area contributed by atoms with Crippen molar-refractivity contribution in [2.24, 2.45) is 0 Å². The van der Waals surface area contributed by atoms with Crippen molar-refractivity contribution in [3.05, 3.63) is 59.2 Å². The summed E-state index contributed by atoms with van der Waals surface area (Å²) in [5.74, 6) is 1.14. The maximum absolute atomic E-state index is 11.5. The molecule has 0 spiro atoms. The predicted molar refractivity (Wildman–Crippen MR) is 82.6 cm³/mol. The second-order valence-corrected chi connectivity index (χ2v) is 4.98. The molecule has 0 aliphatic carbocycles. The lowest BCUT2D eigenvalue weighted by Gasteiger charge is -2.13. The highest BCUT2D eigenvalue weighted by atomic mass is 16.5. The highest BCUT2D eigenvalue weighted by Gasteiger charge is 2.11. The number of hydrogen-bond acceptors (Lipinski definition) is 3. The first-order valence-electron chi connectivity index (χ1n) is 7.08. The molecule has 0 saturated carbocycles. The zero-order valence-electron chi connectivity index (χ0n) is 12.7. The molecular formula is C18H20O3. The van der Waals surface area contributed by atoms with E-state index in [9.17, 15) is 4.79 Å². The van der Waals surface area contributed by atoms with Gasteiger partial charge in [-0.25, -0.2) is 0 Å². The summed E-state index contributed by atoms with van der Waals surface area (Å²) in [5, 5.41) is 0. The fourth-order valence-electron chi connectivity index (χ4n) is 1.94. The maximum Gasteiger partial charge on any atom is 0.310 e. The van der Waals surface area contributed by atoms with Crippen LogP contribution in [0, 0.1) is 13.8 Å². The summed E-state index contributed by atoms with van der Waals surface area (Å²) in [7, 11) is 0. The minimum absolute atomic E-state index is 0.239. The molecule has 3 nitrogen and oxygen atoms in total. The summed E-state index contributed by atoms with van der Waals surface area (Å²) in [6.45, 7) is 6.17. The third-order valence-electron chi connectivity index (χ3n) is 3.28. The van der Waals surface area contributed by atoms with Gasteiger partial charge in [0.25, 0.3) is 0 Å². The van der Waals surface area contributed by atoms with Crippen LogP contribution in [0.4, 0.5) is 0 Å². The molecule has 21 heavy (non-hydrogen) atoms. The smallest absolute Gasteiger partial charge is 0.310 e. The van der Waals surface area contributed by atoms with Crippen molar-refractivity contribution in [3.8, 4) is 11.5 Å². The van der Waals surface area contributed by atoms with Gasteiger partial charge in [0, 0.05) is 12.0 Å². The quantitative estimate of drug-likeness (QED) is 0.610. The Kier molecular flexibility index (Phi) is 4.99. The second-order valence-electron chi connectivity index (χ2n) is 4.98. The lowest BCUT2D eigenvalue weighted by atomic mass is 10.1. The van der Waals surface area contributed by atoms with E-state index in [0.717, 1.165) is 16.9 Å². The van der Waals surface area contributed by atoms with Crippen LogP contribution in [0.25, 0.3) is 0 Å². The van der Waals surface area contributed by atoms with Gasteiger partial charge in [0.15, 0.2) is 0 Å². The number of ether oxygens (including phenoxy) is 2. The van der Waals surface area contributed by atoms with E-state index in [1.807, 2.05) is 50.2 Å². The van der Waals surface area contributed by atoms with Crippen LogP contribution in [0.5, 0.6) is 11.5 Å². The number of rotatable bonds is 5. The summed E-state index contributed by atoms with van der Waals surface area (Å²) >= 11 is 0. The van der Waals surface area contributed by atoms with E-state index in [2.05, 4.69) is 0 Å². The van der Waals surface area contributed by atoms with Crippen molar-refractivity contribution in [3.63, 3.8) is 0 Å². The molecule has 0 bridgehead atoms. The monoisotopic (exact) mass is 284 g/mol. The Morgan fingerprint density at radius 2 is 1.76 bits per heavy atom. The van der Waals surface area contributed by atoms with Gasteiger partial charge in [-0.15, -0.1) is 0 Å². The summed E-state index contributed by atoms with van der Waals surface area (Å²) in [6.07, 6.45) is 0.353. The third-order valence-corrected chi connectivity index (χ3v) is 3.28. The van der Waals surface area contributed by atoms with Crippen molar-refractivity contribution < 1.29 is 14.3 Å². The Labute approximate surface area is 125 Å². The first-order valence-corrected chi connectivity index (χ1v) is 7.08. The van der Waals surface area contributed by atoms with Gasteiger partial charge in [-0.3, -0.25) is 4.79 Å². The van der Waals surface area contributed by atoms with Crippen LogP contribution in [0.2, 0.25) is 0 Å². The molecule has 2 aromatic rings. The number of hydrogen-bond donors (Lipinski definition) is 0. The van der Waals surface area contributed by atoms with Gasteiger partial charge < -0.3 is 9.47 Å². The van der Waals surface area contributed by atoms with Gasteiger partial charge in [-0.2, -0.15) is 0 Å². The average molecular weight is 284 g/mol. The molecule has 3 heteroatoms. The first kappa shape index (κ1) is 15.1. The van der Waals surface area contributed by atoms with Crippen LogP contribution >= 0.6 is 0 Å². The number of aryl methyl sites for hydroxylation is 2. The molecule has 0 atom stereocenters. The van der Waals surface area contributed by atoms with E-state index in [-0.39, 0.29) is 5.97 Å². The molecular weight excluding hydrogens is 264 g/mol. The van der Waals surface area contributed by atoms with Crippen molar-refractivity contribution in [2.45, 2.75) is 33.8 Å². The standard InChI is InChI=1S/C18H20O3/c1-4-18(19)21-17-7-5-6-14(3)16(17)12-20-15-10-8-13(2)9-11-15/h5-11H,4,12H2,1-3H3. The van der Waals surface area contributed by atoms with Crippen molar-refractivity contribution in [1.29, 1.82) is 0 Å². The molecule has 0 unspecified atom stereocenters. The van der Waals surface area contributed by atoms with Crippen molar-refractivity contribution in [2.75, 3.05) is 0 Å². The number of esters is 1. The van der Waals surface area contributed by atoms with Crippen LogP contribution in [0.1, 0.15) is 30.0 Å². The lowest BCUT2D eigenvalue weighted by molar-refractivity contribution is -0.134. The zero-order chi connectivity index (χ0) is 15.2. The zero-order valence-corrected chi connectivity index (χ0v) is 12.7. The fourth-order valence-corrected chi connectivity index (χ4v) is 1.94. The van der Waals surface area contributed by atoms with E-state index in [1.54, 1.807) is 13.0 Å². The number of carbonyl (C=O) groups excluding carboxylic acids is 1. The van der Waals surface area contributed by atoms with Crippen LogP contribution < -0.4 is 9.47 Å². The third kappa shape index (κ3) is 4.09. The van der Waals surface area contributed by atoms with Gasteiger partial charge in [-0.1, -0.05) is 36.8 Å². The van der Waals surface area contributed by atoms with Gasteiger partial charge in [0.1, 0.15) is 18.1 Å². The topological polar surface area (TPSA) is 35.5 Å². The van der Waals surface area contributed by atoms with Crippen molar-refractivity contribution in [1.82, 2.24) is 0 Å². The maximum atomic E-state index is 11.5. The lowest BCUT2D eigenvalue weighted by Crippen LogP contribution is -2.09. The van der Waals surface area contributed by atoms with Gasteiger partial charge in [0.05, 0.1) is 0 Å². The molecule has 0 aliphatic heterocycles. The molecule has 0 radical (unpaired) electrons. The van der Waals surface area contributed by atoms with Gasteiger partial charge in [-0.05, 0) is 37.6 Å². The van der Waals surface area contributed by atoms with E-state index in [1.165, 1.54) is 5.56 Å². The molecule has 2 aromatic carbocycles. The molecule has 0 fully saturated rings. The van der Waals surface area contributed by atoms with Gasteiger partial charge >= 0.3 is 5.97 Å². The number of benzene rings is 2. The number of carbonyl (C=O) groups is 1. The molecule has 0 N–H and O–H groups in total. The second kappa shape index (κ2) is 6.93. The molecule has 2 rings (SSSR count). The normalized spacial score (nSPS) is 10.2.